The summed E-state index contributed by atoms with van der Waals surface area (Å²) in [6.45, 7) is 5.04. The predicted molar refractivity (Wildman–Crippen MR) is 73.0 cm³/mol. The molecule has 3 heteroatoms. The average molecular weight is 246 g/mol. The number of likely N-dealkylation sites (N-methyl/N-ethyl adjacent to an activating group) is 1. The number of fused-ring (bicyclic) bond motifs is 1. The maximum Gasteiger partial charge on any atom is 0.0826 e. The molecule has 98 valence electrons. The van der Waals surface area contributed by atoms with Gasteiger partial charge in [0.1, 0.15) is 0 Å². The van der Waals surface area contributed by atoms with Crippen molar-refractivity contribution in [1.82, 2.24) is 10.2 Å². The highest BCUT2D eigenvalue weighted by Gasteiger charge is 2.25. The molecule has 1 fully saturated rings. The van der Waals surface area contributed by atoms with E-state index in [1.807, 2.05) is 0 Å². The molecule has 1 heterocycles. The van der Waals surface area contributed by atoms with Crippen LogP contribution in [0.25, 0.3) is 0 Å². The summed E-state index contributed by atoms with van der Waals surface area (Å²) >= 11 is 0. The van der Waals surface area contributed by atoms with E-state index in [9.17, 15) is 0 Å². The van der Waals surface area contributed by atoms with Crippen molar-refractivity contribution >= 4 is 0 Å². The normalized spacial score (nSPS) is 27.6. The maximum atomic E-state index is 5.75. The third-order valence-corrected chi connectivity index (χ3v) is 4.07. The number of ether oxygens (including phenoxy) is 1. The standard InChI is InChI=1S/C15H22N2O/c1-17-6-7-18-14(11-17)10-16-9-13-8-12-4-2-3-5-15(12)13/h2-5,13-14,16H,6-11H2,1H3. The molecule has 0 aromatic heterocycles. The Balaban J connectivity index is 1.41. The first-order chi connectivity index (χ1) is 8.83. The lowest BCUT2D eigenvalue weighted by Crippen LogP contribution is -2.45. The number of morpholine rings is 1. The second-order valence-corrected chi connectivity index (χ2v) is 5.51. The summed E-state index contributed by atoms with van der Waals surface area (Å²) in [6, 6.07) is 8.78. The van der Waals surface area contributed by atoms with E-state index >= 15 is 0 Å². The van der Waals surface area contributed by atoms with E-state index in [4.69, 9.17) is 4.74 Å². The summed E-state index contributed by atoms with van der Waals surface area (Å²) in [5, 5.41) is 3.57. The molecule has 2 aliphatic rings. The van der Waals surface area contributed by atoms with Gasteiger partial charge in [-0.05, 0) is 24.6 Å². The van der Waals surface area contributed by atoms with Crippen LogP contribution >= 0.6 is 0 Å². The zero-order valence-corrected chi connectivity index (χ0v) is 11.1. The zero-order chi connectivity index (χ0) is 12.4. The van der Waals surface area contributed by atoms with Crippen LogP contribution in [-0.2, 0) is 11.2 Å². The Morgan fingerprint density at radius 3 is 3.06 bits per heavy atom. The molecule has 1 N–H and O–H groups in total. The van der Waals surface area contributed by atoms with Crippen molar-refractivity contribution < 1.29 is 4.74 Å². The first kappa shape index (κ1) is 12.2. The summed E-state index contributed by atoms with van der Waals surface area (Å²) in [6.07, 6.45) is 1.59. The molecule has 0 bridgehead atoms. The minimum absolute atomic E-state index is 0.360. The van der Waals surface area contributed by atoms with Crippen LogP contribution in [0.15, 0.2) is 24.3 Å². The Bertz CT molecular complexity index is 407. The molecule has 3 nitrogen and oxygen atoms in total. The highest BCUT2D eigenvalue weighted by atomic mass is 16.5. The first-order valence-electron chi connectivity index (χ1n) is 6.91. The molecule has 0 amide bonds. The van der Waals surface area contributed by atoms with Gasteiger partial charge in [-0.1, -0.05) is 24.3 Å². The van der Waals surface area contributed by atoms with Crippen LogP contribution in [0.3, 0.4) is 0 Å². The molecule has 1 aliphatic carbocycles. The van der Waals surface area contributed by atoms with Crippen LogP contribution in [0, 0.1) is 0 Å². The lowest BCUT2D eigenvalue weighted by molar-refractivity contribution is -0.0181. The van der Waals surface area contributed by atoms with Crippen LogP contribution in [-0.4, -0.2) is 50.8 Å². The highest BCUT2D eigenvalue weighted by molar-refractivity contribution is 5.40. The molecule has 0 spiro atoms. The van der Waals surface area contributed by atoms with Gasteiger partial charge >= 0.3 is 0 Å². The summed E-state index contributed by atoms with van der Waals surface area (Å²) in [7, 11) is 2.16. The summed E-state index contributed by atoms with van der Waals surface area (Å²) in [5.41, 5.74) is 3.06. The molecule has 1 aliphatic heterocycles. The number of rotatable bonds is 4. The van der Waals surface area contributed by atoms with Crippen LogP contribution in [0.1, 0.15) is 17.0 Å². The molecule has 1 aromatic carbocycles. The van der Waals surface area contributed by atoms with Gasteiger partial charge in [-0.15, -0.1) is 0 Å². The van der Waals surface area contributed by atoms with E-state index < -0.39 is 0 Å². The second-order valence-electron chi connectivity index (χ2n) is 5.51. The number of hydrogen-bond donors (Lipinski definition) is 1. The van der Waals surface area contributed by atoms with Crippen molar-refractivity contribution in [2.75, 3.05) is 39.8 Å². The van der Waals surface area contributed by atoms with Crippen LogP contribution in [0.2, 0.25) is 0 Å². The van der Waals surface area contributed by atoms with E-state index in [2.05, 4.69) is 41.5 Å². The summed E-state index contributed by atoms with van der Waals surface area (Å²) in [5.74, 6) is 0.711. The number of nitrogens with one attached hydrogen (secondary N) is 1. The van der Waals surface area contributed by atoms with Gasteiger partial charge < -0.3 is 15.0 Å². The quantitative estimate of drug-likeness (QED) is 0.865. The molecule has 1 aromatic rings. The van der Waals surface area contributed by atoms with Crippen LogP contribution in [0.5, 0.6) is 0 Å². The fourth-order valence-corrected chi connectivity index (χ4v) is 2.95. The van der Waals surface area contributed by atoms with Gasteiger partial charge in [0.25, 0.3) is 0 Å². The summed E-state index contributed by atoms with van der Waals surface area (Å²) < 4.78 is 5.75. The second kappa shape index (κ2) is 5.39. The largest absolute Gasteiger partial charge is 0.374 e. The van der Waals surface area contributed by atoms with Crippen molar-refractivity contribution in [3.8, 4) is 0 Å². The predicted octanol–water partition coefficient (Wildman–Crippen LogP) is 1.25. The molecule has 1 saturated heterocycles. The molecule has 3 rings (SSSR count). The fraction of sp³-hybridized carbons (Fsp3) is 0.600. The molecule has 2 atom stereocenters. The third-order valence-electron chi connectivity index (χ3n) is 4.07. The Hall–Kier alpha value is -0.900. The van der Waals surface area contributed by atoms with Crippen molar-refractivity contribution in [3.05, 3.63) is 35.4 Å². The maximum absolute atomic E-state index is 5.75. The van der Waals surface area contributed by atoms with Crippen molar-refractivity contribution in [1.29, 1.82) is 0 Å². The fourth-order valence-electron chi connectivity index (χ4n) is 2.95. The number of hydrogen-bond acceptors (Lipinski definition) is 3. The third kappa shape index (κ3) is 2.58. The Morgan fingerprint density at radius 2 is 2.22 bits per heavy atom. The van der Waals surface area contributed by atoms with E-state index in [0.717, 1.165) is 32.8 Å². The van der Waals surface area contributed by atoms with Crippen LogP contribution in [0.4, 0.5) is 0 Å². The van der Waals surface area contributed by atoms with Gasteiger partial charge in [-0.2, -0.15) is 0 Å². The molecular weight excluding hydrogens is 224 g/mol. The van der Waals surface area contributed by atoms with E-state index in [-0.39, 0.29) is 0 Å². The smallest absolute Gasteiger partial charge is 0.0826 e. The molecule has 18 heavy (non-hydrogen) atoms. The number of benzene rings is 1. The van der Waals surface area contributed by atoms with Gasteiger partial charge in [-0.3, -0.25) is 0 Å². The Kier molecular flexibility index (Phi) is 3.64. The lowest BCUT2D eigenvalue weighted by atomic mass is 9.77. The Morgan fingerprint density at radius 1 is 1.33 bits per heavy atom. The Labute approximate surface area is 109 Å². The van der Waals surface area contributed by atoms with E-state index in [0.29, 0.717) is 12.0 Å². The van der Waals surface area contributed by atoms with E-state index in [1.165, 1.54) is 17.5 Å². The molecule has 0 saturated carbocycles. The van der Waals surface area contributed by atoms with Crippen LogP contribution < -0.4 is 5.32 Å². The summed E-state index contributed by atoms with van der Waals surface area (Å²) in [4.78, 5) is 2.34. The van der Waals surface area contributed by atoms with E-state index in [1.54, 1.807) is 0 Å². The average Bonchev–Trinajstić information content (AvgIpc) is 2.35. The van der Waals surface area contributed by atoms with Gasteiger partial charge in [0.05, 0.1) is 12.7 Å². The monoisotopic (exact) mass is 246 g/mol. The highest BCUT2D eigenvalue weighted by Crippen LogP contribution is 2.33. The minimum Gasteiger partial charge on any atom is -0.374 e. The van der Waals surface area contributed by atoms with Crippen molar-refractivity contribution in [3.63, 3.8) is 0 Å². The molecular formula is C15H22N2O. The van der Waals surface area contributed by atoms with Gasteiger partial charge in [-0.25, -0.2) is 0 Å². The SMILES string of the molecule is CN1CCOC(CNCC2Cc3ccccc32)C1. The molecule has 0 radical (unpaired) electrons. The van der Waals surface area contributed by atoms with Crippen molar-refractivity contribution in [2.45, 2.75) is 18.4 Å². The number of nitrogens with zero attached hydrogens (tertiary/aromatic N) is 1. The zero-order valence-electron chi connectivity index (χ0n) is 11.1. The minimum atomic E-state index is 0.360. The first-order valence-corrected chi connectivity index (χ1v) is 6.91. The van der Waals surface area contributed by atoms with Gasteiger partial charge in [0, 0.05) is 32.1 Å². The lowest BCUT2D eigenvalue weighted by Gasteiger charge is -2.33. The topological polar surface area (TPSA) is 24.5 Å². The van der Waals surface area contributed by atoms with Crippen molar-refractivity contribution in [2.24, 2.45) is 0 Å². The molecule has 2 unspecified atom stereocenters. The van der Waals surface area contributed by atoms with Gasteiger partial charge in [0.2, 0.25) is 0 Å². The van der Waals surface area contributed by atoms with Gasteiger partial charge in [0.15, 0.2) is 0 Å².